The van der Waals surface area contributed by atoms with Crippen LogP contribution in [0, 0.1) is 5.92 Å². The molecule has 1 saturated heterocycles. The van der Waals surface area contributed by atoms with Crippen LogP contribution in [0.15, 0.2) is 0 Å². The van der Waals surface area contributed by atoms with Gasteiger partial charge in [-0.1, -0.05) is 6.92 Å². The van der Waals surface area contributed by atoms with E-state index >= 15 is 0 Å². The number of ether oxygens (including phenoxy) is 1. The van der Waals surface area contributed by atoms with Gasteiger partial charge in [-0.05, 0) is 18.8 Å². The number of cyclic esters (lactones) is 1. The van der Waals surface area contributed by atoms with E-state index in [1.165, 1.54) is 12.8 Å². The molecule has 2 fully saturated rings. The van der Waals surface area contributed by atoms with Crippen molar-refractivity contribution in [2.24, 2.45) is 5.92 Å². The third-order valence-corrected chi connectivity index (χ3v) is 2.98. The Morgan fingerprint density at radius 2 is 2.46 bits per heavy atom. The molecule has 2 rings (SSSR count). The molecule has 1 saturated carbocycles. The van der Waals surface area contributed by atoms with Crippen molar-refractivity contribution in [3.8, 4) is 0 Å². The molecular formula is C9H16N2O2. The molecule has 4 heteroatoms. The summed E-state index contributed by atoms with van der Waals surface area (Å²) in [6.07, 6.45) is 2.32. The average molecular weight is 184 g/mol. The third kappa shape index (κ3) is 1.94. The Labute approximate surface area is 78.0 Å². The second kappa shape index (κ2) is 3.54. The van der Waals surface area contributed by atoms with Gasteiger partial charge in [0.2, 0.25) is 0 Å². The highest BCUT2D eigenvalue weighted by atomic mass is 16.6. The van der Waals surface area contributed by atoms with Crippen LogP contribution in [0.4, 0.5) is 4.79 Å². The summed E-state index contributed by atoms with van der Waals surface area (Å²) >= 11 is 0. The predicted octanol–water partition coefficient (Wildman–Crippen LogP) is 0.483. The van der Waals surface area contributed by atoms with Gasteiger partial charge in [-0.2, -0.15) is 0 Å². The molecule has 0 aromatic heterocycles. The maximum atomic E-state index is 10.7. The van der Waals surface area contributed by atoms with E-state index in [1.807, 2.05) is 0 Å². The van der Waals surface area contributed by atoms with Crippen LogP contribution in [0.5, 0.6) is 0 Å². The van der Waals surface area contributed by atoms with Gasteiger partial charge in [0.05, 0.1) is 6.54 Å². The minimum Gasteiger partial charge on any atom is -0.443 e. The second-order valence-corrected chi connectivity index (χ2v) is 3.98. The normalized spacial score (nSPS) is 37.9. The smallest absolute Gasteiger partial charge is 0.407 e. The number of nitrogens with one attached hydrogen (secondary N) is 2. The lowest BCUT2D eigenvalue weighted by Gasteiger charge is -2.35. The highest BCUT2D eigenvalue weighted by molar-refractivity contribution is 5.69. The lowest BCUT2D eigenvalue weighted by Crippen LogP contribution is -2.46. The van der Waals surface area contributed by atoms with E-state index in [-0.39, 0.29) is 12.2 Å². The van der Waals surface area contributed by atoms with Gasteiger partial charge in [-0.25, -0.2) is 4.79 Å². The highest BCUT2D eigenvalue weighted by Crippen LogP contribution is 2.26. The molecule has 0 spiro atoms. The zero-order chi connectivity index (χ0) is 9.26. The summed E-state index contributed by atoms with van der Waals surface area (Å²) < 4.78 is 5.00. The van der Waals surface area contributed by atoms with Gasteiger partial charge in [0.15, 0.2) is 0 Å². The van der Waals surface area contributed by atoms with Crippen LogP contribution in [-0.4, -0.2) is 31.3 Å². The number of hydrogen-bond donors (Lipinski definition) is 2. The minimum atomic E-state index is -0.284. The van der Waals surface area contributed by atoms with E-state index < -0.39 is 0 Å². The fraction of sp³-hybridized carbons (Fsp3) is 0.889. The SMILES string of the molecule is CC1CCC1NCC1CNC(=O)O1. The van der Waals surface area contributed by atoms with E-state index in [0.29, 0.717) is 12.6 Å². The molecule has 74 valence electrons. The van der Waals surface area contributed by atoms with Crippen LogP contribution in [0.1, 0.15) is 19.8 Å². The number of carbonyl (C=O) groups excluding carboxylic acids is 1. The molecule has 2 N–H and O–H groups in total. The first kappa shape index (κ1) is 8.81. The van der Waals surface area contributed by atoms with Crippen molar-refractivity contribution in [2.75, 3.05) is 13.1 Å². The number of alkyl carbamates (subject to hydrolysis) is 1. The first-order valence-corrected chi connectivity index (χ1v) is 4.93. The van der Waals surface area contributed by atoms with Crippen molar-refractivity contribution in [2.45, 2.75) is 31.9 Å². The molecule has 13 heavy (non-hydrogen) atoms. The fourth-order valence-electron chi connectivity index (χ4n) is 1.80. The fourth-order valence-corrected chi connectivity index (χ4v) is 1.80. The molecule has 2 aliphatic rings. The van der Waals surface area contributed by atoms with Gasteiger partial charge in [-0.3, -0.25) is 0 Å². The van der Waals surface area contributed by atoms with Gasteiger partial charge in [0.1, 0.15) is 6.10 Å². The van der Waals surface area contributed by atoms with E-state index in [2.05, 4.69) is 17.6 Å². The minimum absolute atomic E-state index is 0.0281. The van der Waals surface area contributed by atoms with Crippen LogP contribution in [0.25, 0.3) is 0 Å². The van der Waals surface area contributed by atoms with Crippen molar-refractivity contribution < 1.29 is 9.53 Å². The first-order valence-electron chi connectivity index (χ1n) is 4.93. The van der Waals surface area contributed by atoms with Gasteiger partial charge in [0, 0.05) is 12.6 Å². The lowest BCUT2D eigenvalue weighted by atomic mass is 9.81. The van der Waals surface area contributed by atoms with Crippen molar-refractivity contribution in [1.82, 2.24) is 10.6 Å². The van der Waals surface area contributed by atoms with Crippen LogP contribution in [0.2, 0.25) is 0 Å². The largest absolute Gasteiger partial charge is 0.443 e. The molecule has 1 aliphatic carbocycles. The molecule has 1 aliphatic heterocycles. The first-order chi connectivity index (χ1) is 6.25. The zero-order valence-electron chi connectivity index (χ0n) is 7.88. The van der Waals surface area contributed by atoms with Gasteiger partial charge >= 0.3 is 6.09 Å². The summed E-state index contributed by atoms with van der Waals surface area (Å²) in [5.74, 6) is 0.782. The lowest BCUT2D eigenvalue weighted by molar-refractivity contribution is 0.128. The Morgan fingerprint density at radius 3 is 2.92 bits per heavy atom. The standard InChI is InChI=1S/C9H16N2O2/c1-6-2-3-8(6)10-4-7-5-11-9(12)13-7/h6-8,10H,2-5H2,1H3,(H,11,12). The second-order valence-electron chi connectivity index (χ2n) is 3.98. The summed E-state index contributed by atoms with van der Waals surface area (Å²) in [6.45, 7) is 3.68. The van der Waals surface area contributed by atoms with Crippen molar-refractivity contribution in [3.05, 3.63) is 0 Å². The number of amides is 1. The van der Waals surface area contributed by atoms with E-state index in [4.69, 9.17) is 4.74 Å². The van der Waals surface area contributed by atoms with Crippen LogP contribution in [0.3, 0.4) is 0 Å². The van der Waals surface area contributed by atoms with E-state index in [9.17, 15) is 4.79 Å². The summed E-state index contributed by atoms with van der Waals surface area (Å²) in [6, 6.07) is 0.638. The van der Waals surface area contributed by atoms with E-state index in [1.54, 1.807) is 0 Å². The zero-order valence-corrected chi connectivity index (χ0v) is 7.88. The number of hydrogen-bond acceptors (Lipinski definition) is 3. The number of rotatable bonds is 3. The Kier molecular flexibility index (Phi) is 2.40. The Morgan fingerprint density at radius 1 is 1.62 bits per heavy atom. The monoisotopic (exact) mass is 184 g/mol. The molecule has 0 aromatic carbocycles. The van der Waals surface area contributed by atoms with Gasteiger partial charge in [0.25, 0.3) is 0 Å². The molecule has 3 unspecified atom stereocenters. The Hall–Kier alpha value is -0.770. The van der Waals surface area contributed by atoms with Crippen LogP contribution >= 0.6 is 0 Å². The van der Waals surface area contributed by atoms with Crippen molar-refractivity contribution in [1.29, 1.82) is 0 Å². The molecule has 1 amide bonds. The Bertz CT molecular complexity index is 208. The molecule has 4 nitrogen and oxygen atoms in total. The summed E-state index contributed by atoms with van der Waals surface area (Å²) in [7, 11) is 0. The summed E-state index contributed by atoms with van der Waals surface area (Å²) in [5.41, 5.74) is 0. The average Bonchev–Trinajstić information content (AvgIpc) is 2.49. The van der Waals surface area contributed by atoms with E-state index in [0.717, 1.165) is 12.5 Å². The topological polar surface area (TPSA) is 50.4 Å². The quantitative estimate of drug-likeness (QED) is 0.671. The molecular weight excluding hydrogens is 168 g/mol. The molecule has 0 aromatic rings. The highest BCUT2D eigenvalue weighted by Gasteiger charge is 2.28. The third-order valence-electron chi connectivity index (χ3n) is 2.98. The Balaban J connectivity index is 1.65. The van der Waals surface area contributed by atoms with Crippen molar-refractivity contribution >= 4 is 6.09 Å². The molecule has 0 radical (unpaired) electrons. The van der Waals surface area contributed by atoms with Crippen LogP contribution < -0.4 is 10.6 Å². The maximum absolute atomic E-state index is 10.7. The van der Waals surface area contributed by atoms with Crippen molar-refractivity contribution in [3.63, 3.8) is 0 Å². The van der Waals surface area contributed by atoms with Gasteiger partial charge in [-0.15, -0.1) is 0 Å². The predicted molar refractivity (Wildman–Crippen MR) is 48.5 cm³/mol. The molecule has 3 atom stereocenters. The summed E-state index contributed by atoms with van der Waals surface area (Å²) in [4.78, 5) is 10.7. The maximum Gasteiger partial charge on any atom is 0.407 e. The molecule has 0 bridgehead atoms. The van der Waals surface area contributed by atoms with Crippen LogP contribution in [-0.2, 0) is 4.74 Å². The van der Waals surface area contributed by atoms with Gasteiger partial charge < -0.3 is 15.4 Å². The number of carbonyl (C=O) groups is 1. The molecule has 1 heterocycles. The summed E-state index contributed by atoms with van der Waals surface area (Å²) in [5, 5.41) is 6.05.